The van der Waals surface area contributed by atoms with Crippen LogP contribution in [0.25, 0.3) is 4.85 Å². The summed E-state index contributed by atoms with van der Waals surface area (Å²) in [7, 11) is 1.49. The highest BCUT2D eigenvalue weighted by Crippen LogP contribution is 2.40. The molecule has 0 radical (unpaired) electrons. The third-order valence-corrected chi connectivity index (χ3v) is 3.99. The van der Waals surface area contributed by atoms with Gasteiger partial charge in [-0.1, -0.05) is 23.4 Å². The van der Waals surface area contributed by atoms with Crippen LogP contribution in [0.4, 0.5) is 18.9 Å². The number of halogens is 5. The first-order valence-corrected chi connectivity index (χ1v) is 7.48. The number of aliphatic imine (C=N–C) groups is 1. The molecule has 0 aliphatic rings. The number of benzene rings is 1. The Morgan fingerprint density at radius 3 is 2.65 bits per heavy atom. The summed E-state index contributed by atoms with van der Waals surface area (Å²) in [6.07, 6.45) is -0.434. The summed E-state index contributed by atoms with van der Waals surface area (Å²) in [6, 6.07) is 2.32. The van der Waals surface area contributed by atoms with Gasteiger partial charge in [0.2, 0.25) is 0 Å². The van der Waals surface area contributed by atoms with Gasteiger partial charge < -0.3 is 5.32 Å². The number of alkyl halides is 3. The number of thioether (sulfide) groups is 1. The monoisotopic (exact) mass is 386 g/mol. The summed E-state index contributed by atoms with van der Waals surface area (Å²) in [5.74, 6) is 0. The van der Waals surface area contributed by atoms with Gasteiger partial charge in [0.25, 0.3) is 5.17 Å². The molecular formula is C11H9BrClF3N3S+. The standard InChI is InChI=1S/C11H8BrClF3N3S/c1-17-5-18-10(20-2)19-6-3-7(11(14,15)16)9(12)8(13)4-6/h3-4H,1-2H3/p+1. The lowest BCUT2D eigenvalue weighted by Gasteiger charge is -2.13. The molecule has 0 fully saturated rings. The summed E-state index contributed by atoms with van der Waals surface area (Å²) in [6.45, 7) is 0. The van der Waals surface area contributed by atoms with E-state index in [9.17, 15) is 13.2 Å². The van der Waals surface area contributed by atoms with Crippen molar-refractivity contribution in [1.29, 1.82) is 0 Å². The van der Waals surface area contributed by atoms with Crippen LogP contribution in [0.15, 0.2) is 21.6 Å². The molecule has 0 aromatic heterocycles. The largest absolute Gasteiger partial charge is 0.425 e. The van der Waals surface area contributed by atoms with E-state index in [0.29, 0.717) is 5.17 Å². The maximum absolute atomic E-state index is 12.9. The quantitative estimate of drug-likeness (QED) is 0.409. The number of nitrogens with zero attached hydrogens (tertiary/aromatic N) is 2. The second kappa shape index (κ2) is 7.20. The summed E-state index contributed by atoms with van der Waals surface area (Å²) in [5, 5.41) is 3.03. The maximum atomic E-state index is 12.9. The fraction of sp³-hybridized carbons (Fsp3) is 0.273. The molecule has 108 valence electrons. The van der Waals surface area contributed by atoms with E-state index >= 15 is 0 Å². The van der Waals surface area contributed by atoms with Gasteiger partial charge in [-0.25, -0.2) is 4.85 Å². The van der Waals surface area contributed by atoms with Gasteiger partial charge in [0.15, 0.2) is 7.05 Å². The van der Waals surface area contributed by atoms with E-state index in [1.807, 2.05) is 0 Å². The number of hydrogen-bond donors (Lipinski definition) is 1. The topological polar surface area (TPSA) is 28.8 Å². The van der Waals surface area contributed by atoms with Gasteiger partial charge in [0.05, 0.1) is 10.6 Å². The van der Waals surface area contributed by atoms with Crippen molar-refractivity contribution in [3.8, 4) is 6.19 Å². The van der Waals surface area contributed by atoms with Crippen LogP contribution in [0.3, 0.4) is 0 Å². The average molecular weight is 388 g/mol. The van der Waals surface area contributed by atoms with Crippen molar-refractivity contribution in [3.63, 3.8) is 0 Å². The van der Waals surface area contributed by atoms with Crippen LogP contribution in [0.2, 0.25) is 5.02 Å². The molecule has 0 saturated carbocycles. The van der Waals surface area contributed by atoms with Gasteiger partial charge >= 0.3 is 12.4 Å². The number of hydrogen-bond acceptors (Lipinski definition) is 2. The van der Waals surface area contributed by atoms with Gasteiger partial charge in [-0.05, 0) is 34.3 Å². The molecule has 3 nitrogen and oxygen atoms in total. The van der Waals surface area contributed by atoms with Gasteiger partial charge in [-0.15, -0.1) is 0 Å². The first-order valence-electron chi connectivity index (χ1n) is 5.08. The van der Waals surface area contributed by atoms with E-state index < -0.39 is 11.7 Å². The van der Waals surface area contributed by atoms with Crippen LogP contribution in [0.5, 0.6) is 0 Å². The second-order valence-electron chi connectivity index (χ2n) is 3.39. The molecule has 20 heavy (non-hydrogen) atoms. The zero-order valence-electron chi connectivity index (χ0n) is 10.3. The third kappa shape index (κ3) is 4.58. The summed E-state index contributed by atoms with van der Waals surface area (Å²) in [4.78, 5) is 7.36. The minimum atomic E-state index is -4.51. The SMILES string of the molecule is C[N+]#CN=C(Nc1cc(Cl)c(Br)c(C(F)(F)F)c1)SC. The predicted octanol–water partition coefficient (Wildman–Crippen LogP) is 5.17. The molecule has 0 atom stereocenters. The molecule has 0 aliphatic heterocycles. The van der Waals surface area contributed by atoms with Crippen LogP contribution in [0, 0.1) is 6.19 Å². The molecule has 9 heteroatoms. The van der Waals surface area contributed by atoms with Crippen LogP contribution in [-0.4, -0.2) is 18.5 Å². The van der Waals surface area contributed by atoms with Crippen LogP contribution < -0.4 is 5.32 Å². The third-order valence-electron chi connectivity index (χ3n) is 2.03. The van der Waals surface area contributed by atoms with Crippen LogP contribution in [-0.2, 0) is 6.18 Å². The smallest absolute Gasteiger partial charge is 0.313 e. The van der Waals surface area contributed by atoms with Gasteiger partial charge in [-0.2, -0.15) is 13.2 Å². The molecule has 0 aliphatic carbocycles. The lowest BCUT2D eigenvalue weighted by atomic mass is 10.2. The van der Waals surface area contributed by atoms with Crippen LogP contribution in [0.1, 0.15) is 5.56 Å². The van der Waals surface area contributed by atoms with E-state index in [-0.39, 0.29) is 15.2 Å². The Bertz CT molecular complexity index is 593. The van der Waals surface area contributed by atoms with Crippen molar-refractivity contribution in [1.82, 2.24) is 0 Å². The second-order valence-corrected chi connectivity index (χ2v) is 5.38. The number of amidine groups is 1. The van der Waals surface area contributed by atoms with E-state index in [1.54, 1.807) is 6.26 Å². The zero-order valence-corrected chi connectivity index (χ0v) is 13.5. The molecule has 0 bridgehead atoms. The Morgan fingerprint density at radius 1 is 1.50 bits per heavy atom. The minimum Gasteiger partial charge on any atom is -0.313 e. The molecule has 0 heterocycles. The fourth-order valence-corrected chi connectivity index (χ4v) is 2.24. The Morgan fingerprint density at radius 2 is 2.15 bits per heavy atom. The Balaban J connectivity index is 3.20. The van der Waals surface area contributed by atoms with Crippen LogP contribution >= 0.6 is 39.3 Å². The first kappa shape index (κ1) is 17.1. The Kier molecular flexibility index (Phi) is 6.17. The maximum Gasteiger partial charge on any atom is 0.425 e. The van der Waals surface area contributed by atoms with E-state index in [0.717, 1.165) is 6.07 Å². The number of rotatable bonds is 1. The zero-order chi connectivity index (χ0) is 15.3. The minimum absolute atomic E-state index is 0.0454. The van der Waals surface area contributed by atoms with Gasteiger partial charge in [-0.3, -0.25) is 0 Å². The van der Waals surface area contributed by atoms with Crippen molar-refractivity contribution < 1.29 is 13.2 Å². The molecule has 1 aromatic rings. The fourth-order valence-electron chi connectivity index (χ4n) is 1.21. The molecular weight excluding hydrogens is 379 g/mol. The summed E-state index contributed by atoms with van der Waals surface area (Å²) in [5.41, 5.74) is -0.683. The highest BCUT2D eigenvalue weighted by molar-refractivity contribution is 9.10. The first-order chi connectivity index (χ1) is 9.29. The summed E-state index contributed by atoms with van der Waals surface area (Å²) >= 11 is 9.83. The van der Waals surface area contributed by atoms with E-state index in [4.69, 9.17) is 11.6 Å². The normalized spacial score (nSPS) is 11.8. The molecule has 0 spiro atoms. The molecule has 0 unspecified atom stereocenters. The summed E-state index contributed by atoms with van der Waals surface area (Å²) < 4.78 is 38.4. The highest BCUT2D eigenvalue weighted by atomic mass is 79.9. The van der Waals surface area contributed by atoms with Crippen molar-refractivity contribution in [2.75, 3.05) is 18.6 Å². The van der Waals surface area contributed by atoms with Crippen molar-refractivity contribution in [2.24, 2.45) is 4.99 Å². The number of anilines is 1. The van der Waals surface area contributed by atoms with Crippen molar-refractivity contribution in [2.45, 2.75) is 6.18 Å². The van der Waals surface area contributed by atoms with Gasteiger partial charge in [0, 0.05) is 15.2 Å². The average Bonchev–Trinajstić information content (AvgIpc) is 2.37. The lowest BCUT2D eigenvalue weighted by Crippen LogP contribution is -2.11. The van der Waals surface area contributed by atoms with Gasteiger partial charge in [0.1, 0.15) is 0 Å². The molecule has 1 aromatic carbocycles. The van der Waals surface area contributed by atoms with E-state index in [2.05, 4.69) is 37.3 Å². The predicted molar refractivity (Wildman–Crippen MR) is 81.9 cm³/mol. The van der Waals surface area contributed by atoms with E-state index in [1.165, 1.54) is 24.9 Å². The Labute approximate surface area is 131 Å². The molecule has 0 saturated heterocycles. The molecule has 1 rings (SSSR count). The van der Waals surface area contributed by atoms with Crippen molar-refractivity contribution >= 4 is 50.1 Å². The number of nitrogens with one attached hydrogen (secondary N) is 1. The Hall–Kier alpha value is -0.910. The lowest BCUT2D eigenvalue weighted by molar-refractivity contribution is -0.138. The highest BCUT2D eigenvalue weighted by Gasteiger charge is 2.34. The van der Waals surface area contributed by atoms with Crippen molar-refractivity contribution in [3.05, 3.63) is 32.0 Å². The molecule has 1 N–H and O–H groups in total. The molecule has 0 amide bonds.